The third-order valence-electron chi connectivity index (χ3n) is 8.69. The summed E-state index contributed by atoms with van der Waals surface area (Å²) in [4.78, 5) is 0. The predicted octanol–water partition coefficient (Wildman–Crippen LogP) is 12.2. The molecule has 0 spiro atoms. The predicted molar refractivity (Wildman–Crippen MR) is 194 cm³/mol. The Labute approximate surface area is 293 Å². The maximum absolute atomic E-state index is 6.42. The van der Waals surface area contributed by atoms with E-state index in [0.717, 1.165) is 16.5 Å². The Morgan fingerprint density at radius 1 is 0.636 bits per heavy atom. The maximum atomic E-state index is 6.42. The summed E-state index contributed by atoms with van der Waals surface area (Å²) in [6.45, 7) is 13.9. The van der Waals surface area contributed by atoms with Crippen molar-refractivity contribution < 1.29 is 21.3 Å². The summed E-state index contributed by atoms with van der Waals surface area (Å²) in [5, 5.41) is 1.53. The average molecular weight is 742 g/mol. The molecule has 2 aliphatic carbocycles. The summed E-state index contributed by atoms with van der Waals surface area (Å²) in [7, 11) is 0. The van der Waals surface area contributed by atoms with Crippen molar-refractivity contribution in [1.82, 2.24) is 0 Å². The number of fused-ring (bicyclic) bond motifs is 3. The fourth-order valence-corrected chi connectivity index (χ4v) is 15.6. The van der Waals surface area contributed by atoms with Gasteiger partial charge in [-0.15, -0.1) is 24.8 Å². The van der Waals surface area contributed by atoms with E-state index >= 15 is 0 Å². The summed E-state index contributed by atoms with van der Waals surface area (Å²) >= 11 is 10.1. The molecule has 0 aliphatic heterocycles. The molecule has 6 rings (SSSR count). The molecule has 0 aromatic heterocycles. The molecule has 0 radical (unpaired) electrons. The third-order valence-corrected chi connectivity index (χ3v) is 17.5. The van der Waals surface area contributed by atoms with E-state index in [2.05, 4.69) is 120 Å². The first kappa shape index (κ1) is 35.1. The zero-order valence-electron chi connectivity index (χ0n) is 26.2. The number of rotatable bonds is 4. The number of hydrogen-bond donors (Lipinski definition) is 0. The molecule has 0 atom stereocenters. The van der Waals surface area contributed by atoms with Crippen LogP contribution in [0.25, 0.3) is 11.1 Å². The largest absolute Gasteiger partial charge is 0.147 e. The smallest absolute Gasteiger partial charge is 0.147 e. The Bertz CT molecular complexity index is 1650. The fourth-order valence-electron chi connectivity index (χ4n) is 6.34. The first-order valence-electron chi connectivity index (χ1n) is 14.8. The molecule has 4 aromatic carbocycles. The molecule has 0 nitrogen and oxygen atoms in total. The van der Waals surface area contributed by atoms with Gasteiger partial charge >= 0.3 is 271 Å². The van der Waals surface area contributed by atoms with Gasteiger partial charge in [-0.1, -0.05) is 0 Å². The van der Waals surface area contributed by atoms with Crippen LogP contribution in [0, 0.1) is 0 Å². The van der Waals surface area contributed by atoms with E-state index in [1.54, 1.807) is 3.28 Å². The normalized spacial score (nSPS) is 13.9. The average Bonchev–Trinajstić information content (AvgIpc) is 3.58. The van der Waals surface area contributed by atoms with Crippen LogP contribution in [0.15, 0.2) is 106 Å². The summed E-state index contributed by atoms with van der Waals surface area (Å²) in [5.74, 6) is 0. The van der Waals surface area contributed by atoms with Crippen LogP contribution >= 0.6 is 48.0 Å². The zero-order chi connectivity index (χ0) is 29.8. The van der Waals surface area contributed by atoms with Gasteiger partial charge in [0.05, 0.1) is 0 Å². The van der Waals surface area contributed by atoms with E-state index in [1.807, 2.05) is 24.3 Å². The number of allylic oxidation sites excluding steroid dienone is 4. The van der Waals surface area contributed by atoms with E-state index in [0.29, 0.717) is 3.63 Å². The quantitative estimate of drug-likeness (QED) is 0.195. The maximum Gasteiger partial charge on any atom is -0.147 e. The van der Waals surface area contributed by atoms with Gasteiger partial charge in [-0.2, -0.15) is 0 Å². The molecular weight excluding hydrogens is 701 g/mol. The minimum Gasteiger partial charge on any atom is -0.147 e. The van der Waals surface area contributed by atoms with Gasteiger partial charge in [0.15, 0.2) is 0 Å². The van der Waals surface area contributed by atoms with E-state index in [-0.39, 0.29) is 35.6 Å². The van der Waals surface area contributed by atoms with Crippen molar-refractivity contribution in [2.45, 2.75) is 62.4 Å². The van der Waals surface area contributed by atoms with Crippen LogP contribution in [0.1, 0.15) is 85.0 Å². The van der Waals surface area contributed by atoms with Crippen LogP contribution in [-0.4, -0.2) is 3.21 Å². The Balaban J connectivity index is 0.00000221. The van der Waals surface area contributed by atoms with E-state index in [4.69, 9.17) is 23.2 Å². The van der Waals surface area contributed by atoms with Crippen molar-refractivity contribution in [3.05, 3.63) is 150 Å². The van der Waals surface area contributed by atoms with Gasteiger partial charge in [0, 0.05) is 0 Å². The second-order valence-corrected chi connectivity index (χ2v) is 20.8. The van der Waals surface area contributed by atoms with Crippen molar-refractivity contribution in [1.29, 1.82) is 0 Å². The minimum atomic E-state index is -2.74. The number of benzene rings is 4. The van der Waals surface area contributed by atoms with Gasteiger partial charge in [0.1, 0.15) is 0 Å². The van der Waals surface area contributed by atoms with Crippen LogP contribution in [0.2, 0.25) is 10.0 Å². The second-order valence-electron chi connectivity index (χ2n) is 13.7. The fraction of sp³-hybridized carbons (Fsp3) is 0.256. The van der Waals surface area contributed by atoms with Gasteiger partial charge in [-0.3, -0.25) is 0 Å². The van der Waals surface area contributed by atoms with Gasteiger partial charge in [0.2, 0.25) is 0 Å². The number of halogens is 4. The van der Waals surface area contributed by atoms with Crippen molar-refractivity contribution in [3.63, 3.8) is 0 Å². The van der Waals surface area contributed by atoms with Crippen LogP contribution in [0.4, 0.5) is 0 Å². The van der Waals surface area contributed by atoms with Crippen LogP contribution < -0.4 is 0 Å². The van der Waals surface area contributed by atoms with Gasteiger partial charge in [-0.05, 0) is 0 Å². The SMILES string of the molecule is CC(C)(C)c1ccc2c(c1)-c1cc(C(C)(C)C)ccc1[CH]2[Zr]([C]1=CC=CC1)=[C](c1ccc(Cl)cc1)c1ccc(Cl)cc1.Cl.Cl. The molecule has 0 heterocycles. The summed E-state index contributed by atoms with van der Waals surface area (Å²) in [5.41, 5.74) is 11.3. The van der Waals surface area contributed by atoms with Gasteiger partial charge in [-0.25, -0.2) is 0 Å². The van der Waals surface area contributed by atoms with Crippen molar-refractivity contribution in [2.24, 2.45) is 0 Å². The monoisotopic (exact) mass is 738 g/mol. The molecule has 0 amide bonds. The van der Waals surface area contributed by atoms with Gasteiger partial charge < -0.3 is 0 Å². The molecule has 0 N–H and O–H groups in total. The Morgan fingerprint density at radius 2 is 1.07 bits per heavy atom. The topological polar surface area (TPSA) is 0 Å². The van der Waals surface area contributed by atoms with Crippen molar-refractivity contribution in [2.75, 3.05) is 0 Å². The number of hydrogen-bond acceptors (Lipinski definition) is 0. The Hall–Kier alpha value is -1.73. The van der Waals surface area contributed by atoms with Gasteiger partial charge in [0.25, 0.3) is 0 Å². The molecule has 0 fully saturated rings. The summed E-state index contributed by atoms with van der Waals surface area (Å²) in [6.07, 6.45) is 8.05. The first-order valence-corrected chi connectivity index (χ1v) is 19.5. The van der Waals surface area contributed by atoms with E-state index in [9.17, 15) is 0 Å². The zero-order valence-corrected chi connectivity index (χ0v) is 31.8. The summed E-state index contributed by atoms with van der Waals surface area (Å²) < 4.78 is 3.50. The van der Waals surface area contributed by atoms with Crippen LogP contribution in [-0.2, 0) is 32.1 Å². The van der Waals surface area contributed by atoms with Crippen molar-refractivity contribution >= 4 is 51.2 Å². The Morgan fingerprint density at radius 3 is 1.43 bits per heavy atom. The first-order chi connectivity index (χ1) is 19.9. The molecule has 44 heavy (non-hydrogen) atoms. The van der Waals surface area contributed by atoms with E-state index < -0.39 is 21.3 Å². The van der Waals surface area contributed by atoms with Crippen molar-refractivity contribution in [3.8, 4) is 11.1 Å². The molecule has 5 heteroatoms. The molecule has 2 aliphatic rings. The van der Waals surface area contributed by atoms with E-state index in [1.165, 1.54) is 47.7 Å². The molecule has 228 valence electrons. The van der Waals surface area contributed by atoms with Crippen LogP contribution in [0.3, 0.4) is 0 Å². The second kappa shape index (κ2) is 13.6. The molecule has 4 aromatic rings. The van der Waals surface area contributed by atoms with Crippen LogP contribution in [0.5, 0.6) is 0 Å². The molecule has 0 unspecified atom stereocenters. The third kappa shape index (κ3) is 6.84. The molecule has 0 saturated heterocycles. The molecular formula is C39H40Cl4Zr. The minimum absolute atomic E-state index is 0. The Kier molecular flexibility index (Phi) is 10.8. The molecule has 0 bridgehead atoms. The standard InChI is InChI=1S/C21H25.C13H8Cl2.C5H5.2ClH.Zr/c1-20(2,3)16-9-7-14-11-15-8-10-17(21(4,5)6)13-19(15)18(14)12-16;14-12-5-1-10(2-6-12)9-11-3-7-13(15)8-4-11;1-2-4-5-3-1;;;/h7-13H,1-6H3;1-8H;1-3H,4H2;2*1H;. The summed E-state index contributed by atoms with van der Waals surface area (Å²) in [6, 6.07) is 31.7. The molecule has 0 saturated carbocycles.